The zero-order chi connectivity index (χ0) is 30.7. The Kier molecular flexibility index (Phi) is 10.5. The standard InChI is InChI=1S/C32H32N4O6S/c1-24-11-17-30(18-12-24)43(39,40)36(27-9-6-10-29(19-27)41-2)22-31(37)35-34-21-26-13-15-28(16-14-26)42-23-32(38)33-20-25-7-4-3-5-8-25/h3-19,21H,20,22-23H2,1-2H3,(H,33,38)(H,35,37)/b34-21-. The minimum atomic E-state index is -4.08. The van der Waals surface area contributed by atoms with Gasteiger partial charge in [0.15, 0.2) is 6.61 Å². The van der Waals surface area contributed by atoms with Gasteiger partial charge < -0.3 is 14.8 Å². The molecule has 2 N–H and O–H groups in total. The molecule has 0 saturated heterocycles. The number of anilines is 1. The molecule has 11 heteroatoms. The number of carbonyl (C=O) groups is 2. The maximum absolute atomic E-state index is 13.5. The first-order valence-corrected chi connectivity index (χ1v) is 14.8. The molecule has 0 fully saturated rings. The predicted molar refractivity (Wildman–Crippen MR) is 165 cm³/mol. The Hall–Kier alpha value is -5.16. The normalized spacial score (nSPS) is 11.1. The Morgan fingerprint density at radius 2 is 1.58 bits per heavy atom. The molecule has 0 unspecified atom stereocenters. The lowest BCUT2D eigenvalue weighted by Crippen LogP contribution is -2.39. The van der Waals surface area contributed by atoms with Gasteiger partial charge >= 0.3 is 0 Å². The molecule has 43 heavy (non-hydrogen) atoms. The first kappa shape index (κ1) is 30.8. The number of benzene rings is 4. The molecule has 0 bridgehead atoms. The fourth-order valence-corrected chi connectivity index (χ4v) is 5.32. The van der Waals surface area contributed by atoms with E-state index in [-0.39, 0.29) is 23.1 Å². The molecule has 0 aromatic heterocycles. The number of nitrogens with one attached hydrogen (secondary N) is 2. The SMILES string of the molecule is COc1cccc(N(CC(=O)N/N=C\c2ccc(OCC(=O)NCc3ccccc3)cc2)S(=O)(=O)c2ccc(C)cc2)c1. The summed E-state index contributed by atoms with van der Waals surface area (Å²) in [5.41, 5.74) is 5.20. The summed E-state index contributed by atoms with van der Waals surface area (Å²) in [5.74, 6) is 0.0485. The van der Waals surface area contributed by atoms with Crippen molar-refractivity contribution in [2.75, 3.05) is 24.6 Å². The molecule has 0 radical (unpaired) electrons. The fraction of sp³-hybridized carbons (Fsp3) is 0.156. The van der Waals surface area contributed by atoms with Crippen LogP contribution < -0.4 is 24.5 Å². The van der Waals surface area contributed by atoms with Crippen molar-refractivity contribution in [2.24, 2.45) is 5.10 Å². The Labute approximate surface area is 251 Å². The summed E-state index contributed by atoms with van der Waals surface area (Å²) in [6.07, 6.45) is 1.42. The summed E-state index contributed by atoms with van der Waals surface area (Å²) >= 11 is 0. The van der Waals surface area contributed by atoms with Crippen molar-refractivity contribution in [1.29, 1.82) is 0 Å². The molecule has 0 aliphatic rings. The third kappa shape index (κ3) is 8.91. The number of sulfonamides is 1. The number of aryl methyl sites for hydroxylation is 1. The van der Waals surface area contributed by atoms with E-state index in [0.29, 0.717) is 23.6 Å². The molecule has 0 atom stereocenters. The molecule has 4 rings (SSSR count). The minimum absolute atomic E-state index is 0.0493. The Morgan fingerprint density at radius 1 is 0.860 bits per heavy atom. The van der Waals surface area contributed by atoms with E-state index in [0.717, 1.165) is 15.4 Å². The number of hydrogen-bond donors (Lipinski definition) is 2. The van der Waals surface area contributed by atoms with Gasteiger partial charge in [-0.3, -0.25) is 13.9 Å². The van der Waals surface area contributed by atoms with E-state index < -0.39 is 22.5 Å². The van der Waals surface area contributed by atoms with Crippen LogP contribution in [0.2, 0.25) is 0 Å². The Balaban J connectivity index is 1.34. The smallest absolute Gasteiger partial charge is 0.264 e. The number of nitrogens with zero attached hydrogens (tertiary/aromatic N) is 2. The highest BCUT2D eigenvalue weighted by atomic mass is 32.2. The van der Waals surface area contributed by atoms with E-state index in [1.807, 2.05) is 37.3 Å². The summed E-state index contributed by atoms with van der Waals surface area (Å²) in [6.45, 7) is 1.62. The number of hydrazone groups is 1. The third-order valence-corrected chi connectivity index (χ3v) is 8.01. The van der Waals surface area contributed by atoms with E-state index >= 15 is 0 Å². The topological polar surface area (TPSA) is 126 Å². The van der Waals surface area contributed by atoms with E-state index in [4.69, 9.17) is 9.47 Å². The van der Waals surface area contributed by atoms with Crippen molar-refractivity contribution < 1.29 is 27.5 Å². The van der Waals surface area contributed by atoms with Crippen molar-refractivity contribution in [2.45, 2.75) is 18.4 Å². The molecule has 0 heterocycles. The van der Waals surface area contributed by atoms with Gasteiger partial charge in [0.25, 0.3) is 21.8 Å². The van der Waals surface area contributed by atoms with Gasteiger partial charge in [-0.05, 0) is 66.6 Å². The molecular formula is C32H32N4O6S. The summed E-state index contributed by atoms with van der Waals surface area (Å²) in [4.78, 5) is 25.0. The maximum atomic E-state index is 13.5. The highest BCUT2D eigenvalue weighted by Gasteiger charge is 2.27. The second-order valence-corrected chi connectivity index (χ2v) is 11.3. The highest BCUT2D eigenvalue weighted by molar-refractivity contribution is 7.92. The van der Waals surface area contributed by atoms with Crippen molar-refractivity contribution in [3.8, 4) is 11.5 Å². The summed E-state index contributed by atoms with van der Waals surface area (Å²) in [5, 5.41) is 6.77. The van der Waals surface area contributed by atoms with E-state index in [1.54, 1.807) is 60.7 Å². The molecule has 0 spiro atoms. The van der Waals surface area contributed by atoms with Crippen LogP contribution in [-0.4, -0.2) is 46.7 Å². The first-order chi connectivity index (χ1) is 20.7. The van der Waals surface area contributed by atoms with Gasteiger partial charge in [0, 0.05) is 12.6 Å². The lowest BCUT2D eigenvalue weighted by molar-refractivity contribution is -0.123. The molecule has 0 saturated carbocycles. The lowest BCUT2D eigenvalue weighted by Gasteiger charge is -2.24. The average molecular weight is 601 g/mol. The van der Waals surface area contributed by atoms with Crippen molar-refractivity contribution in [1.82, 2.24) is 10.7 Å². The number of carbonyl (C=O) groups excluding carboxylic acids is 2. The lowest BCUT2D eigenvalue weighted by atomic mass is 10.2. The number of amides is 2. The van der Waals surface area contributed by atoms with Gasteiger partial charge in [-0.1, -0.05) is 54.1 Å². The van der Waals surface area contributed by atoms with Crippen LogP contribution in [0.1, 0.15) is 16.7 Å². The van der Waals surface area contributed by atoms with Crippen LogP contribution in [0, 0.1) is 6.92 Å². The van der Waals surface area contributed by atoms with Crippen LogP contribution in [-0.2, 0) is 26.2 Å². The second kappa shape index (κ2) is 14.6. The zero-order valence-corrected chi connectivity index (χ0v) is 24.6. The molecule has 10 nitrogen and oxygen atoms in total. The maximum Gasteiger partial charge on any atom is 0.264 e. The van der Waals surface area contributed by atoms with Gasteiger partial charge in [-0.25, -0.2) is 13.8 Å². The number of methoxy groups -OCH3 is 1. The molecule has 0 aliphatic carbocycles. The highest BCUT2D eigenvalue weighted by Crippen LogP contribution is 2.27. The third-order valence-electron chi connectivity index (χ3n) is 6.22. The fourth-order valence-electron chi connectivity index (χ4n) is 3.91. The summed E-state index contributed by atoms with van der Waals surface area (Å²) in [6, 6.07) is 29.2. The number of rotatable bonds is 13. The van der Waals surface area contributed by atoms with E-state index in [9.17, 15) is 18.0 Å². The van der Waals surface area contributed by atoms with Crippen LogP contribution in [0.15, 0.2) is 113 Å². The first-order valence-electron chi connectivity index (χ1n) is 13.3. The molecule has 222 valence electrons. The van der Waals surface area contributed by atoms with Crippen LogP contribution in [0.3, 0.4) is 0 Å². The Morgan fingerprint density at radius 3 is 2.28 bits per heavy atom. The van der Waals surface area contributed by atoms with Crippen molar-refractivity contribution >= 4 is 33.7 Å². The summed E-state index contributed by atoms with van der Waals surface area (Å²) < 4.78 is 38.9. The predicted octanol–water partition coefficient (Wildman–Crippen LogP) is 4.04. The van der Waals surface area contributed by atoms with Crippen LogP contribution >= 0.6 is 0 Å². The minimum Gasteiger partial charge on any atom is -0.497 e. The average Bonchev–Trinajstić information content (AvgIpc) is 3.03. The van der Waals surface area contributed by atoms with Crippen LogP contribution in [0.25, 0.3) is 0 Å². The van der Waals surface area contributed by atoms with Gasteiger partial charge in [0.05, 0.1) is 23.9 Å². The monoisotopic (exact) mass is 600 g/mol. The van der Waals surface area contributed by atoms with Crippen molar-refractivity contribution in [3.63, 3.8) is 0 Å². The van der Waals surface area contributed by atoms with Gasteiger partial charge in [-0.15, -0.1) is 0 Å². The van der Waals surface area contributed by atoms with Gasteiger partial charge in [-0.2, -0.15) is 5.10 Å². The molecule has 0 aliphatic heterocycles. The van der Waals surface area contributed by atoms with E-state index in [2.05, 4.69) is 15.8 Å². The van der Waals surface area contributed by atoms with Crippen LogP contribution in [0.5, 0.6) is 11.5 Å². The quantitative estimate of drug-likeness (QED) is 0.176. The van der Waals surface area contributed by atoms with Crippen LogP contribution in [0.4, 0.5) is 5.69 Å². The molecule has 2 amide bonds. The largest absolute Gasteiger partial charge is 0.497 e. The molecule has 4 aromatic rings. The van der Waals surface area contributed by atoms with E-state index in [1.165, 1.54) is 25.5 Å². The second-order valence-electron chi connectivity index (χ2n) is 9.44. The molecule has 4 aromatic carbocycles. The van der Waals surface area contributed by atoms with Crippen molar-refractivity contribution in [3.05, 3.63) is 120 Å². The summed E-state index contributed by atoms with van der Waals surface area (Å²) in [7, 11) is -2.61. The molecular weight excluding hydrogens is 568 g/mol. The van der Waals surface area contributed by atoms with Gasteiger partial charge in [0.1, 0.15) is 18.0 Å². The number of hydrogen-bond acceptors (Lipinski definition) is 7. The van der Waals surface area contributed by atoms with Gasteiger partial charge in [0.2, 0.25) is 0 Å². The zero-order valence-electron chi connectivity index (χ0n) is 23.8. The Bertz CT molecular complexity index is 1660. The number of ether oxygens (including phenoxy) is 2.